The van der Waals surface area contributed by atoms with Gasteiger partial charge in [-0.05, 0) is 43.5 Å². The minimum Gasteiger partial charge on any atom is -0.309 e. The minimum atomic E-state index is 0.309. The van der Waals surface area contributed by atoms with Crippen molar-refractivity contribution in [1.29, 1.82) is 0 Å². The fourth-order valence-corrected chi connectivity index (χ4v) is 2.20. The second-order valence-electron chi connectivity index (χ2n) is 5.03. The summed E-state index contributed by atoms with van der Waals surface area (Å²) in [4.78, 5) is 4.37. The molecule has 2 atom stereocenters. The van der Waals surface area contributed by atoms with Crippen LogP contribution in [0, 0.1) is 0 Å². The standard InChI is InChI=1S/C17H22N2/c1-14(16-8-4-3-5-9-16)11-13-18-15(2)17-10-6-7-12-19-17/h3-10,12,14-15,18H,11,13H2,1-2H3. The molecule has 0 bridgehead atoms. The Morgan fingerprint density at radius 1 is 1.00 bits per heavy atom. The maximum Gasteiger partial charge on any atom is 0.0570 e. The number of pyridine rings is 1. The fraction of sp³-hybridized carbons (Fsp3) is 0.353. The zero-order chi connectivity index (χ0) is 13.5. The molecular weight excluding hydrogens is 232 g/mol. The normalized spacial score (nSPS) is 14.0. The maximum absolute atomic E-state index is 4.37. The lowest BCUT2D eigenvalue weighted by Gasteiger charge is -2.16. The van der Waals surface area contributed by atoms with Gasteiger partial charge in [-0.1, -0.05) is 43.3 Å². The van der Waals surface area contributed by atoms with Crippen LogP contribution in [0.3, 0.4) is 0 Å². The molecule has 0 aliphatic carbocycles. The molecule has 2 heteroatoms. The van der Waals surface area contributed by atoms with Crippen LogP contribution >= 0.6 is 0 Å². The molecule has 0 fully saturated rings. The number of rotatable bonds is 6. The van der Waals surface area contributed by atoms with Crippen molar-refractivity contribution in [2.75, 3.05) is 6.54 Å². The molecule has 1 heterocycles. The van der Waals surface area contributed by atoms with Crippen LogP contribution in [0.4, 0.5) is 0 Å². The van der Waals surface area contributed by atoms with Crippen molar-refractivity contribution in [2.45, 2.75) is 32.2 Å². The molecular formula is C17H22N2. The van der Waals surface area contributed by atoms with Crippen LogP contribution < -0.4 is 5.32 Å². The van der Waals surface area contributed by atoms with Crippen LogP contribution in [-0.4, -0.2) is 11.5 Å². The number of nitrogens with one attached hydrogen (secondary N) is 1. The Labute approximate surface area is 115 Å². The van der Waals surface area contributed by atoms with Crippen LogP contribution in [-0.2, 0) is 0 Å². The Morgan fingerprint density at radius 2 is 1.74 bits per heavy atom. The van der Waals surface area contributed by atoms with Gasteiger partial charge < -0.3 is 5.32 Å². The summed E-state index contributed by atoms with van der Waals surface area (Å²) in [6.45, 7) is 5.45. The highest BCUT2D eigenvalue weighted by atomic mass is 14.9. The van der Waals surface area contributed by atoms with Gasteiger partial charge in [0.15, 0.2) is 0 Å². The third-order valence-electron chi connectivity index (χ3n) is 3.53. The van der Waals surface area contributed by atoms with Crippen LogP contribution in [0.1, 0.15) is 43.5 Å². The van der Waals surface area contributed by atoms with E-state index in [9.17, 15) is 0 Å². The van der Waals surface area contributed by atoms with Crippen molar-refractivity contribution in [3.8, 4) is 0 Å². The summed E-state index contributed by atoms with van der Waals surface area (Å²) >= 11 is 0. The van der Waals surface area contributed by atoms with E-state index in [0.29, 0.717) is 12.0 Å². The highest BCUT2D eigenvalue weighted by Crippen LogP contribution is 2.18. The number of nitrogens with zero attached hydrogens (tertiary/aromatic N) is 1. The molecule has 100 valence electrons. The molecule has 0 spiro atoms. The number of hydrogen-bond donors (Lipinski definition) is 1. The van der Waals surface area contributed by atoms with Gasteiger partial charge in [-0.2, -0.15) is 0 Å². The van der Waals surface area contributed by atoms with E-state index in [-0.39, 0.29) is 0 Å². The summed E-state index contributed by atoms with van der Waals surface area (Å²) in [6, 6.07) is 17.0. The van der Waals surface area contributed by atoms with Crippen LogP contribution in [0.25, 0.3) is 0 Å². The van der Waals surface area contributed by atoms with Gasteiger partial charge >= 0.3 is 0 Å². The lowest BCUT2D eigenvalue weighted by Crippen LogP contribution is -2.21. The van der Waals surface area contributed by atoms with E-state index in [1.807, 2.05) is 18.3 Å². The molecule has 0 amide bonds. The summed E-state index contributed by atoms with van der Waals surface area (Å²) in [6.07, 6.45) is 2.99. The Kier molecular flexibility index (Phi) is 5.10. The first-order chi connectivity index (χ1) is 9.27. The van der Waals surface area contributed by atoms with Crippen molar-refractivity contribution in [3.05, 3.63) is 66.0 Å². The molecule has 2 nitrogen and oxygen atoms in total. The maximum atomic E-state index is 4.37. The number of aromatic nitrogens is 1. The van der Waals surface area contributed by atoms with E-state index in [0.717, 1.165) is 18.7 Å². The zero-order valence-electron chi connectivity index (χ0n) is 11.7. The van der Waals surface area contributed by atoms with Gasteiger partial charge in [0.2, 0.25) is 0 Å². The largest absolute Gasteiger partial charge is 0.309 e. The molecule has 1 N–H and O–H groups in total. The fourth-order valence-electron chi connectivity index (χ4n) is 2.20. The summed E-state index contributed by atoms with van der Waals surface area (Å²) in [5.74, 6) is 0.588. The van der Waals surface area contributed by atoms with Crippen LogP contribution in [0.15, 0.2) is 54.7 Å². The summed E-state index contributed by atoms with van der Waals surface area (Å²) in [5.41, 5.74) is 2.52. The smallest absolute Gasteiger partial charge is 0.0570 e. The Bertz CT molecular complexity index is 422. The molecule has 0 saturated carbocycles. The SMILES string of the molecule is CC(CCNC(C)c1ccccn1)c1ccccc1. The molecule has 2 aromatic rings. The Hall–Kier alpha value is -1.67. The molecule has 0 aliphatic rings. The van der Waals surface area contributed by atoms with E-state index < -0.39 is 0 Å². The quantitative estimate of drug-likeness (QED) is 0.845. The predicted octanol–water partition coefficient (Wildman–Crippen LogP) is 3.93. The van der Waals surface area contributed by atoms with E-state index in [4.69, 9.17) is 0 Å². The van der Waals surface area contributed by atoms with Crippen LogP contribution in [0.5, 0.6) is 0 Å². The van der Waals surface area contributed by atoms with Gasteiger partial charge in [-0.15, -0.1) is 0 Å². The molecule has 19 heavy (non-hydrogen) atoms. The molecule has 1 aromatic carbocycles. The van der Waals surface area contributed by atoms with Crippen molar-refractivity contribution in [3.63, 3.8) is 0 Å². The average Bonchev–Trinajstić information content (AvgIpc) is 2.49. The first kappa shape index (κ1) is 13.8. The third kappa shape index (κ3) is 4.18. The van der Waals surface area contributed by atoms with E-state index in [2.05, 4.69) is 60.5 Å². The van der Waals surface area contributed by atoms with Gasteiger partial charge in [-0.3, -0.25) is 4.98 Å². The van der Waals surface area contributed by atoms with Gasteiger partial charge in [0.1, 0.15) is 0 Å². The molecule has 0 saturated heterocycles. The molecule has 2 unspecified atom stereocenters. The average molecular weight is 254 g/mol. The van der Waals surface area contributed by atoms with Crippen molar-refractivity contribution in [1.82, 2.24) is 10.3 Å². The van der Waals surface area contributed by atoms with Gasteiger partial charge in [-0.25, -0.2) is 0 Å². The number of hydrogen-bond acceptors (Lipinski definition) is 2. The minimum absolute atomic E-state index is 0.309. The van der Waals surface area contributed by atoms with Crippen molar-refractivity contribution >= 4 is 0 Å². The molecule has 0 aliphatic heterocycles. The lowest BCUT2D eigenvalue weighted by atomic mass is 9.98. The lowest BCUT2D eigenvalue weighted by molar-refractivity contribution is 0.523. The second kappa shape index (κ2) is 7.05. The number of benzene rings is 1. The topological polar surface area (TPSA) is 24.9 Å². The van der Waals surface area contributed by atoms with E-state index in [1.54, 1.807) is 0 Å². The van der Waals surface area contributed by atoms with Gasteiger partial charge in [0.25, 0.3) is 0 Å². The first-order valence-electron chi connectivity index (χ1n) is 6.96. The highest BCUT2D eigenvalue weighted by Gasteiger charge is 2.08. The monoisotopic (exact) mass is 254 g/mol. The summed E-state index contributed by atoms with van der Waals surface area (Å²) < 4.78 is 0. The van der Waals surface area contributed by atoms with Crippen molar-refractivity contribution in [2.24, 2.45) is 0 Å². The summed E-state index contributed by atoms with van der Waals surface area (Å²) in [7, 11) is 0. The first-order valence-corrected chi connectivity index (χ1v) is 6.96. The Balaban J connectivity index is 1.78. The second-order valence-corrected chi connectivity index (χ2v) is 5.03. The Morgan fingerprint density at radius 3 is 2.42 bits per heavy atom. The molecule has 0 radical (unpaired) electrons. The highest BCUT2D eigenvalue weighted by molar-refractivity contribution is 5.18. The third-order valence-corrected chi connectivity index (χ3v) is 3.53. The molecule has 2 rings (SSSR count). The molecule has 1 aromatic heterocycles. The van der Waals surface area contributed by atoms with Gasteiger partial charge in [0, 0.05) is 12.2 Å². The van der Waals surface area contributed by atoms with E-state index >= 15 is 0 Å². The predicted molar refractivity (Wildman–Crippen MR) is 80.1 cm³/mol. The van der Waals surface area contributed by atoms with E-state index in [1.165, 1.54) is 5.56 Å². The summed E-state index contributed by atoms with van der Waals surface area (Å²) in [5, 5.41) is 3.54. The van der Waals surface area contributed by atoms with Crippen molar-refractivity contribution < 1.29 is 0 Å². The van der Waals surface area contributed by atoms with Gasteiger partial charge in [0.05, 0.1) is 5.69 Å². The zero-order valence-corrected chi connectivity index (χ0v) is 11.7. The van der Waals surface area contributed by atoms with Crippen LogP contribution in [0.2, 0.25) is 0 Å².